The van der Waals surface area contributed by atoms with Gasteiger partial charge in [-0.3, -0.25) is 5.32 Å². The molecule has 1 aromatic carbocycles. The summed E-state index contributed by atoms with van der Waals surface area (Å²) < 4.78 is 11.9. The molecule has 0 atom stereocenters. The summed E-state index contributed by atoms with van der Waals surface area (Å²) in [6.07, 6.45) is 1.69. The van der Waals surface area contributed by atoms with Crippen LogP contribution in [0.15, 0.2) is 36.8 Å². The highest BCUT2D eigenvalue weighted by atomic mass is 16.6. The summed E-state index contributed by atoms with van der Waals surface area (Å²) in [5.41, 5.74) is 0.357. The average molecular weight is 411 g/mol. The number of hydrogen-bond acceptors (Lipinski definition) is 7. The number of ether oxygens (including phenoxy) is 2. The standard InChI is InChI=1S/C21H25N5O4/c1-20(2,3)29-18(27)24-17-16-13(14-10-11-22-12-23-14)8-7-9-15(16)26(25-17)19(28)30-21(4,5)6/h7-12H,1-6H3,(H,24,25,27). The second-order valence-electron chi connectivity index (χ2n) is 8.66. The minimum absolute atomic E-state index is 0.166. The molecule has 0 radical (unpaired) electrons. The zero-order chi connectivity index (χ0) is 22.1. The number of nitrogens with zero attached hydrogens (tertiary/aromatic N) is 4. The molecule has 2 aromatic heterocycles. The summed E-state index contributed by atoms with van der Waals surface area (Å²) in [6, 6.07) is 7.06. The number of anilines is 1. The van der Waals surface area contributed by atoms with Crippen LogP contribution < -0.4 is 5.32 Å². The molecule has 158 valence electrons. The Morgan fingerprint density at radius 1 is 1.00 bits per heavy atom. The van der Waals surface area contributed by atoms with E-state index < -0.39 is 23.4 Å². The van der Waals surface area contributed by atoms with Gasteiger partial charge in [0.2, 0.25) is 0 Å². The normalized spacial score (nSPS) is 11.9. The lowest BCUT2D eigenvalue weighted by Crippen LogP contribution is -2.28. The van der Waals surface area contributed by atoms with Gasteiger partial charge in [-0.2, -0.15) is 4.68 Å². The zero-order valence-corrected chi connectivity index (χ0v) is 17.9. The molecule has 3 aromatic rings. The van der Waals surface area contributed by atoms with E-state index in [1.807, 2.05) is 6.07 Å². The number of fused-ring (bicyclic) bond motifs is 1. The van der Waals surface area contributed by atoms with Crippen molar-refractivity contribution in [1.29, 1.82) is 0 Å². The lowest BCUT2D eigenvalue weighted by Gasteiger charge is -2.19. The maximum atomic E-state index is 12.8. The maximum absolute atomic E-state index is 12.8. The number of aromatic nitrogens is 4. The fraction of sp³-hybridized carbons (Fsp3) is 0.381. The first-order valence-electron chi connectivity index (χ1n) is 9.46. The third kappa shape index (κ3) is 4.91. The monoisotopic (exact) mass is 411 g/mol. The quantitative estimate of drug-likeness (QED) is 0.655. The largest absolute Gasteiger partial charge is 0.444 e. The second kappa shape index (κ2) is 7.74. The van der Waals surface area contributed by atoms with Gasteiger partial charge in [0.15, 0.2) is 5.82 Å². The third-order valence-electron chi connectivity index (χ3n) is 3.75. The fourth-order valence-electron chi connectivity index (χ4n) is 2.76. The first-order chi connectivity index (χ1) is 13.9. The molecular formula is C21H25N5O4. The van der Waals surface area contributed by atoms with Crippen LogP contribution in [-0.2, 0) is 9.47 Å². The van der Waals surface area contributed by atoms with E-state index in [1.165, 1.54) is 6.33 Å². The minimum atomic E-state index is -0.710. The van der Waals surface area contributed by atoms with Crippen LogP contribution in [0.25, 0.3) is 22.2 Å². The van der Waals surface area contributed by atoms with Crippen molar-refractivity contribution in [3.05, 3.63) is 36.8 Å². The molecule has 0 aliphatic rings. The van der Waals surface area contributed by atoms with Crippen molar-refractivity contribution in [1.82, 2.24) is 19.7 Å². The van der Waals surface area contributed by atoms with Crippen molar-refractivity contribution in [2.75, 3.05) is 5.32 Å². The summed E-state index contributed by atoms with van der Waals surface area (Å²) >= 11 is 0. The highest BCUT2D eigenvalue weighted by Crippen LogP contribution is 2.33. The van der Waals surface area contributed by atoms with Crippen molar-refractivity contribution in [2.45, 2.75) is 52.7 Å². The van der Waals surface area contributed by atoms with E-state index in [1.54, 1.807) is 65.9 Å². The highest BCUT2D eigenvalue weighted by molar-refractivity contribution is 6.07. The third-order valence-corrected chi connectivity index (χ3v) is 3.75. The smallest absolute Gasteiger partial charge is 0.435 e. The Balaban J connectivity index is 2.15. The van der Waals surface area contributed by atoms with E-state index in [-0.39, 0.29) is 5.82 Å². The van der Waals surface area contributed by atoms with Crippen molar-refractivity contribution >= 4 is 28.9 Å². The van der Waals surface area contributed by atoms with Crippen LogP contribution in [0, 0.1) is 0 Å². The van der Waals surface area contributed by atoms with Gasteiger partial charge in [-0.05, 0) is 53.7 Å². The molecule has 2 heterocycles. The van der Waals surface area contributed by atoms with Crippen LogP contribution in [0.2, 0.25) is 0 Å². The van der Waals surface area contributed by atoms with Gasteiger partial charge in [0.25, 0.3) is 0 Å². The molecule has 0 aliphatic carbocycles. The van der Waals surface area contributed by atoms with Gasteiger partial charge in [0, 0.05) is 11.8 Å². The summed E-state index contributed by atoms with van der Waals surface area (Å²) in [5.74, 6) is 0.166. The van der Waals surface area contributed by atoms with Crippen LogP contribution in [0.1, 0.15) is 41.5 Å². The molecule has 1 amide bonds. The van der Waals surface area contributed by atoms with E-state index in [2.05, 4.69) is 20.4 Å². The average Bonchev–Trinajstić information content (AvgIpc) is 2.98. The Bertz CT molecular complexity index is 1080. The molecule has 9 heteroatoms. The molecule has 0 fully saturated rings. The Kier molecular flexibility index (Phi) is 5.47. The lowest BCUT2D eigenvalue weighted by molar-refractivity contribution is 0.0520. The molecule has 3 rings (SSSR count). The van der Waals surface area contributed by atoms with E-state index in [4.69, 9.17) is 9.47 Å². The van der Waals surface area contributed by atoms with Gasteiger partial charge in [-0.1, -0.05) is 12.1 Å². The van der Waals surface area contributed by atoms with Crippen molar-refractivity contribution in [2.24, 2.45) is 0 Å². The van der Waals surface area contributed by atoms with Gasteiger partial charge in [-0.25, -0.2) is 19.6 Å². The molecular weight excluding hydrogens is 386 g/mol. The maximum Gasteiger partial charge on any atom is 0.435 e. The molecule has 0 saturated carbocycles. The van der Waals surface area contributed by atoms with Gasteiger partial charge >= 0.3 is 12.2 Å². The van der Waals surface area contributed by atoms with Crippen molar-refractivity contribution < 1.29 is 19.1 Å². The number of hydrogen-bond donors (Lipinski definition) is 1. The first kappa shape index (κ1) is 21.2. The molecule has 0 saturated heterocycles. The molecule has 9 nitrogen and oxygen atoms in total. The summed E-state index contributed by atoms with van der Waals surface area (Å²) in [7, 11) is 0. The van der Waals surface area contributed by atoms with E-state index >= 15 is 0 Å². The summed E-state index contributed by atoms with van der Waals surface area (Å²) in [5, 5.41) is 7.50. The van der Waals surface area contributed by atoms with E-state index in [0.29, 0.717) is 22.2 Å². The minimum Gasteiger partial charge on any atom is -0.444 e. The molecule has 0 bridgehead atoms. The van der Waals surface area contributed by atoms with E-state index in [0.717, 1.165) is 4.68 Å². The molecule has 0 spiro atoms. The Labute approximate surface area is 174 Å². The van der Waals surface area contributed by atoms with Crippen LogP contribution in [0.4, 0.5) is 15.4 Å². The van der Waals surface area contributed by atoms with Crippen LogP contribution in [0.5, 0.6) is 0 Å². The Hall–Kier alpha value is -3.49. The van der Waals surface area contributed by atoms with Gasteiger partial charge in [0.1, 0.15) is 17.5 Å². The van der Waals surface area contributed by atoms with Gasteiger partial charge in [-0.15, -0.1) is 5.10 Å². The molecule has 30 heavy (non-hydrogen) atoms. The fourth-order valence-corrected chi connectivity index (χ4v) is 2.76. The molecule has 1 N–H and O–H groups in total. The number of rotatable bonds is 2. The number of carbonyl (C=O) groups excluding carboxylic acids is 2. The summed E-state index contributed by atoms with van der Waals surface area (Å²) in [6.45, 7) is 10.6. The number of benzene rings is 1. The SMILES string of the molecule is CC(C)(C)OC(=O)Nc1nn(C(=O)OC(C)(C)C)c2cccc(-c3ccncn3)c12. The van der Waals surface area contributed by atoms with E-state index in [9.17, 15) is 9.59 Å². The zero-order valence-electron chi connectivity index (χ0n) is 17.9. The predicted molar refractivity (Wildman–Crippen MR) is 112 cm³/mol. The van der Waals surface area contributed by atoms with Gasteiger partial charge in [0.05, 0.1) is 16.6 Å². The molecule has 0 aliphatic heterocycles. The molecule has 0 unspecified atom stereocenters. The Morgan fingerprint density at radius 2 is 1.70 bits per heavy atom. The van der Waals surface area contributed by atoms with Crippen LogP contribution >= 0.6 is 0 Å². The predicted octanol–water partition coefficient (Wildman–Crippen LogP) is 4.62. The first-order valence-corrected chi connectivity index (χ1v) is 9.46. The second-order valence-corrected chi connectivity index (χ2v) is 8.66. The van der Waals surface area contributed by atoms with Crippen LogP contribution in [-0.4, -0.2) is 43.1 Å². The Morgan fingerprint density at radius 3 is 2.30 bits per heavy atom. The highest BCUT2D eigenvalue weighted by Gasteiger charge is 2.26. The number of amides is 1. The van der Waals surface area contributed by atoms with Crippen molar-refractivity contribution in [3.8, 4) is 11.3 Å². The number of nitrogens with one attached hydrogen (secondary N) is 1. The van der Waals surface area contributed by atoms with Gasteiger partial charge < -0.3 is 9.47 Å². The topological polar surface area (TPSA) is 108 Å². The van der Waals surface area contributed by atoms with Crippen molar-refractivity contribution in [3.63, 3.8) is 0 Å². The van der Waals surface area contributed by atoms with Crippen LogP contribution in [0.3, 0.4) is 0 Å². The number of carbonyl (C=O) groups is 2. The summed E-state index contributed by atoms with van der Waals surface area (Å²) in [4.78, 5) is 33.4. The lowest BCUT2D eigenvalue weighted by atomic mass is 10.1.